The summed E-state index contributed by atoms with van der Waals surface area (Å²) < 4.78 is 6.78. The molecule has 0 spiro atoms. The predicted octanol–water partition coefficient (Wildman–Crippen LogP) is 3.25. The van der Waals surface area contributed by atoms with Crippen LogP contribution in [0.4, 0.5) is 0 Å². The van der Waals surface area contributed by atoms with Gasteiger partial charge in [-0.15, -0.1) is 0 Å². The Morgan fingerprint density at radius 3 is 2.48 bits per heavy atom. The van der Waals surface area contributed by atoms with E-state index in [4.69, 9.17) is 4.74 Å². The van der Waals surface area contributed by atoms with Gasteiger partial charge >= 0.3 is 5.97 Å². The largest absolute Gasteiger partial charge is 0.456 e. The van der Waals surface area contributed by atoms with Gasteiger partial charge in [0.2, 0.25) is 0 Å². The molecule has 1 rings (SSSR count). The third-order valence-electron chi connectivity index (χ3n) is 3.23. The van der Waals surface area contributed by atoms with Crippen molar-refractivity contribution in [2.24, 2.45) is 7.05 Å². The molecule has 128 valence electrons. The van der Waals surface area contributed by atoms with Gasteiger partial charge in [-0.3, -0.25) is 9.36 Å². The minimum atomic E-state index is -0.643. The molecule has 6 heteroatoms. The average molecular weight is 338 g/mol. The van der Waals surface area contributed by atoms with Crippen molar-refractivity contribution in [2.75, 3.05) is 0 Å². The highest BCUT2D eigenvalue weighted by atomic mass is 32.2. The Bertz CT molecular complexity index is 675. The van der Waals surface area contributed by atoms with Crippen LogP contribution in [0, 0.1) is 6.92 Å². The molecule has 0 saturated heterocycles. The second-order valence-electron chi connectivity index (χ2n) is 7.06. The second-order valence-corrected chi connectivity index (χ2v) is 8.73. The van der Waals surface area contributed by atoms with Gasteiger partial charge in [0.1, 0.15) is 5.60 Å². The zero-order chi connectivity index (χ0) is 18.0. The van der Waals surface area contributed by atoms with Crippen LogP contribution in [0.3, 0.4) is 0 Å². The van der Waals surface area contributed by atoms with Crippen molar-refractivity contribution in [3.63, 3.8) is 0 Å². The summed E-state index contributed by atoms with van der Waals surface area (Å²) in [4.78, 5) is 28.1. The lowest BCUT2D eigenvalue weighted by Gasteiger charge is -2.34. The first-order valence-electron chi connectivity index (χ1n) is 7.45. The number of ether oxygens (including phenoxy) is 1. The van der Waals surface area contributed by atoms with Gasteiger partial charge in [0, 0.05) is 35.5 Å². The number of carbonyl (C=O) groups excluding carboxylic acids is 1. The topological polar surface area (TPSA) is 61.2 Å². The zero-order valence-corrected chi connectivity index (χ0v) is 15.8. The van der Waals surface area contributed by atoms with Crippen LogP contribution in [0.5, 0.6) is 0 Å². The number of rotatable bonds is 6. The van der Waals surface area contributed by atoms with E-state index in [1.54, 1.807) is 31.7 Å². The zero-order valence-electron chi connectivity index (χ0n) is 15.0. The molecule has 0 aliphatic rings. The van der Waals surface area contributed by atoms with Gasteiger partial charge in [-0.1, -0.05) is 32.2 Å². The highest BCUT2D eigenvalue weighted by molar-refractivity contribution is 8.00. The van der Waals surface area contributed by atoms with Gasteiger partial charge in [0.15, 0.2) is 5.16 Å². The van der Waals surface area contributed by atoms with Crippen LogP contribution in [0.2, 0.25) is 0 Å². The van der Waals surface area contributed by atoms with Crippen LogP contribution in [0.1, 0.15) is 46.6 Å². The van der Waals surface area contributed by atoms with Gasteiger partial charge < -0.3 is 4.74 Å². The Morgan fingerprint density at radius 2 is 1.96 bits per heavy atom. The maximum atomic E-state index is 12.0. The fourth-order valence-electron chi connectivity index (χ4n) is 2.42. The van der Waals surface area contributed by atoms with E-state index < -0.39 is 11.6 Å². The Morgan fingerprint density at radius 1 is 1.39 bits per heavy atom. The summed E-state index contributed by atoms with van der Waals surface area (Å²) in [6.45, 7) is 14.8. The second kappa shape index (κ2) is 6.91. The first-order valence-corrected chi connectivity index (χ1v) is 8.27. The highest BCUT2D eigenvalue weighted by Crippen LogP contribution is 2.38. The summed E-state index contributed by atoms with van der Waals surface area (Å²) in [6.07, 6.45) is 2.19. The number of hydrogen-bond donors (Lipinski definition) is 0. The molecular formula is C17H26N2O3S. The molecule has 0 atom stereocenters. The van der Waals surface area contributed by atoms with E-state index in [9.17, 15) is 9.59 Å². The molecule has 0 amide bonds. The Hall–Kier alpha value is -1.56. The maximum absolute atomic E-state index is 12.0. The lowest BCUT2D eigenvalue weighted by Crippen LogP contribution is -2.36. The molecule has 0 unspecified atom stereocenters. The standard InChI is InChI=1S/C17H26N2O3S/c1-11(2)14(21)22-16(4,5)10-17(6,7)23-15-18-9-12(3)13(20)19(15)8/h9H,1,10H2,2-8H3. The monoisotopic (exact) mass is 338 g/mol. The molecule has 1 aromatic heterocycles. The van der Waals surface area contributed by atoms with Gasteiger partial charge in [0.25, 0.3) is 5.56 Å². The third kappa shape index (κ3) is 5.53. The molecule has 1 heterocycles. The van der Waals surface area contributed by atoms with E-state index in [1.807, 2.05) is 27.7 Å². The molecule has 0 bridgehead atoms. The van der Waals surface area contributed by atoms with E-state index in [2.05, 4.69) is 11.6 Å². The summed E-state index contributed by atoms with van der Waals surface area (Å²) in [5.41, 5.74) is 0.304. The molecule has 5 nitrogen and oxygen atoms in total. The Kier molecular flexibility index (Phi) is 5.85. The summed E-state index contributed by atoms with van der Waals surface area (Å²) in [5, 5.41) is 0.646. The minimum Gasteiger partial charge on any atom is -0.456 e. The van der Waals surface area contributed by atoms with Crippen molar-refractivity contribution in [1.82, 2.24) is 9.55 Å². The first-order chi connectivity index (χ1) is 10.3. The molecule has 0 fully saturated rings. The molecule has 0 aromatic carbocycles. The molecule has 0 aliphatic heterocycles. The fraction of sp³-hybridized carbons (Fsp3) is 0.588. The molecule has 0 aliphatic carbocycles. The smallest absolute Gasteiger partial charge is 0.333 e. The Balaban J connectivity index is 2.91. The van der Waals surface area contributed by atoms with E-state index in [0.717, 1.165) is 0 Å². The number of aryl methyl sites for hydroxylation is 1. The van der Waals surface area contributed by atoms with Crippen LogP contribution in [0.15, 0.2) is 28.3 Å². The summed E-state index contributed by atoms with van der Waals surface area (Å²) in [6, 6.07) is 0. The van der Waals surface area contributed by atoms with Crippen molar-refractivity contribution < 1.29 is 9.53 Å². The molecule has 1 aromatic rings. The fourth-order valence-corrected chi connectivity index (χ4v) is 3.66. The Labute approximate surface area is 142 Å². The first kappa shape index (κ1) is 19.5. The maximum Gasteiger partial charge on any atom is 0.333 e. The van der Waals surface area contributed by atoms with Crippen LogP contribution in [-0.2, 0) is 16.6 Å². The van der Waals surface area contributed by atoms with Crippen molar-refractivity contribution in [3.8, 4) is 0 Å². The minimum absolute atomic E-state index is 0.0497. The van der Waals surface area contributed by atoms with Gasteiger partial charge in [0.05, 0.1) is 0 Å². The normalized spacial score (nSPS) is 12.1. The summed E-state index contributed by atoms with van der Waals surface area (Å²) in [7, 11) is 1.72. The molecule has 0 saturated carbocycles. The molecule has 23 heavy (non-hydrogen) atoms. The van der Waals surface area contributed by atoms with Crippen LogP contribution >= 0.6 is 11.8 Å². The van der Waals surface area contributed by atoms with Gasteiger partial charge in [-0.05, 0) is 27.7 Å². The average Bonchev–Trinajstić information content (AvgIpc) is 2.37. The predicted molar refractivity (Wildman–Crippen MR) is 93.8 cm³/mol. The van der Waals surface area contributed by atoms with Gasteiger partial charge in [-0.25, -0.2) is 9.78 Å². The van der Waals surface area contributed by atoms with Crippen molar-refractivity contribution in [3.05, 3.63) is 34.3 Å². The van der Waals surface area contributed by atoms with E-state index in [0.29, 0.717) is 22.7 Å². The number of hydrogen-bond acceptors (Lipinski definition) is 5. The van der Waals surface area contributed by atoms with Crippen molar-refractivity contribution >= 4 is 17.7 Å². The lowest BCUT2D eigenvalue weighted by atomic mass is 9.95. The SMILES string of the molecule is C=C(C)C(=O)OC(C)(C)CC(C)(C)Sc1ncc(C)c(=O)n1C. The van der Waals surface area contributed by atoms with E-state index in [-0.39, 0.29) is 10.3 Å². The molecule has 0 N–H and O–H groups in total. The summed E-state index contributed by atoms with van der Waals surface area (Å²) >= 11 is 1.50. The van der Waals surface area contributed by atoms with Crippen molar-refractivity contribution in [2.45, 2.75) is 63.5 Å². The van der Waals surface area contributed by atoms with Crippen LogP contribution in [-0.4, -0.2) is 25.9 Å². The number of aromatic nitrogens is 2. The quantitative estimate of drug-likeness (QED) is 0.345. The number of nitrogens with zero attached hydrogens (tertiary/aromatic N) is 2. The molecular weight excluding hydrogens is 312 g/mol. The number of carbonyl (C=O) groups is 1. The van der Waals surface area contributed by atoms with Crippen LogP contribution < -0.4 is 5.56 Å². The number of thioether (sulfide) groups is 1. The van der Waals surface area contributed by atoms with E-state index in [1.165, 1.54) is 11.8 Å². The number of esters is 1. The van der Waals surface area contributed by atoms with Crippen molar-refractivity contribution in [1.29, 1.82) is 0 Å². The van der Waals surface area contributed by atoms with Crippen LogP contribution in [0.25, 0.3) is 0 Å². The summed E-state index contributed by atoms with van der Waals surface area (Å²) in [5.74, 6) is -0.392. The third-order valence-corrected chi connectivity index (χ3v) is 4.49. The molecule has 0 radical (unpaired) electrons. The van der Waals surface area contributed by atoms with E-state index >= 15 is 0 Å². The lowest BCUT2D eigenvalue weighted by molar-refractivity contribution is -0.152. The highest BCUT2D eigenvalue weighted by Gasteiger charge is 2.33. The van der Waals surface area contributed by atoms with Gasteiger partial charge in [-0.2, -0.15) is 0 Å².